The van der Waals surface area contributed by atoms with Crippen LogP contribution in [-0.4, -0.2) is 29.1 Å². The monoisotopic (exact) mass is 431 g/mol. The summed E-state index contributed by atoms with van der Waals surface area (Å²) in [6, 6.07) is 0. The SMILES string of the molecule is CC[C@H](C)OC(=O)c1c(NC(=O)[C@@H]2[C@H](C(=O)O)[C@H]3C=C[C@H]2CC3)sc2c1CCCC2. The van der Waals surface area contributed by atoms with E-state index in [1.54, 1.807) is 0 Å². The number of hydrogen-bond donors (Lipinski definition) is 2. The van der Waals surface area contributed by atoms with Crippen molar-refractivity contribution in [3.63, 3.8) is 0 Å². The first kappa shape index (κ1) is 21.1. The van der Waals surface area contributed by atoms with Crippen LogP contribution in [0.5, 0.6) is 0 Å². The van der Waals surface area contributed by atoms with E-state index in [9.17, 15) is 19.5 Å². The normalized spacial score (nSPS) is 27.9. The Labute approximate surface area is 180 Å². The van der Waals surface area contributed by atoms with E-state index in [-0.39, 0.29) is 29.8 Å². The average molecular weight is 432 g/mol. The van der Waals surface area contributed by atoms with Gasteiger partial charge in [-0.1, -0.05) is 19.1 Å². The quantitative estimate of drug-likeness (QED) is 0.513. The lowest BCUT2D eigenvalue weighted by atomic mass is 9.62. The minimum Gasteiger partial charge on any atom is -0.481 e. The van der Waals surface area contributed by atoms with Crippen molar-refractivity contribution in [2.75, 3.05) is 5.32 Å². The number of aliphatic carboxylic acids is 1. The van der Waals surface area contributed by atoms with Gasteiger partial charge in [0.05, 0.1) is 23.5 Å². The molecule has 0 spiro atoms. The number of aryl methyl sites for hydroxylation is 1. The number of carboxylic acids is 1. The molecule has 0 aromatic carbocycles. The summed E-state index contributed by atoms with van der Waals surface area (Å²) in [5, 5.41) is 13.2. The maximum atomic E-state index is 13.3. The lowest BCUT2D eigenvalue weighted by molar-refractivity contribution is -0.151. The number of amides is 1. The molecule has 0 radical (unpaired) electrons. The predicted molar refractivity (Wildman–Crippen MR) is 115 cm³/mol. The first-order valence-electron chi connectivity index (χ1n) is 11.0. The maximum Gasteiger partial charge on any atom is 0.341 e. The van der Waals surface area contributed by atoms with Gasteiger partial charge in [-0.15, -0.1) is 11.3 Å². The molecule has 0 saturated heterocycles. The van der Waals surface area contributed by atoms with Crippen LogP contribution < -0.4 is 5.32 Å². The van der Waals surface area contributed by atoms with Crippen LogP contribution in [0.4, 0.5) is 5.00 Å². The van der Waals surface area contributed by atoms with Crippen LogP contribution in [0.2, 0.25) is 0 Å². The molecule has 1 heterocycles. The molecule has 30 heavy (non-hydrogen) atoms. The average Bonchev–Trinajstić information content (AvgIpc) is 3.11. The summed E-state index contributed by atoms with van der Waals surface area (Å²) in [5.41, 5.74) is 1.47. The molecular weight excluding hydrogens is 402 g/mol. The van der Waals surface area contributed by atoms with E-state index in [0.29, 0.717) is 10.6 Å². The highest BCUT2D eigenvalue weighted by Gasteiger charge is 2.48. The van der Waals surface area contributed by atoms with Crippen molar-refractivity contribution in [3.05, 3.63) is 28.2 Å². The molecule has 1 fully saturated rings. The van der Waals surface area contributed by atoms with Gasteiger partial charge in [0.1, 0.15) is 5.00 Å². The van der Waals surface area contributed by atoms with E-state index in [4.69, 9.17) is 4.74 Å². The van der Waals surface area contributed by atoms with Gasteiger partial charge in [-0.2, -0.15) is 0 Å². The number of carbonyl (C=O) groups is 3. The van der Waals surface area contributed by atoms with Crippen molar-refractivity contribution in [1.29, 1.82) is 0 Å². The summed E-state index contributed by atoms with van der Waals surface area (Å²) in [4.78, 5) is 39.3. The largest absolute Gasteiger partial charge is 0.481 e. The second-order valence-corrected chi connectivity index (χ2v) is 9.81. The summed E-state index contributed by atoms with van der Waals surface area (Å²) in [7, 11) is 0. The van der Waals surface area contributed by atoms with Crippen molar-refractivity contribution in [1.82, 2.24) is 0 Å². The number of ether oxygens (including phenoxy) is 1. The molecule has 1 saturated carbocycles. The molecule has 2 bridgehead atoms. The zero-order valence-corrected chi connectivity index (χ0v) is 18.3. The van der Waals surface area contributed by atoms with Crippen molar-refractivity contribution in [3.8, 4) is 0 Å². The molecule has 1 aromatic heterocycles. The van der Waals surface area contributed by atoms with Gasteiger partial charge in [-0.3, -0.25) is 9.59 Å². The van der Waals surface area contributed by atoms with Gasteiger partial charge >= 0.3 is 11.9 Å². The van der Waals surface area contributed by atoms with Gasteiger partial charge in [-0.25, -0.2) is 4.79 Å². The Morgan fingerprint density at radius 1 is 1.17 bits per heavy atom. The number of nitrogens with one attached hydrogen (secondary N) is 1. The highest BCUT2D eigenvalue weighted by Crippen LogP contribution is 2.46. The van der Waals surface area contributed by atoms with Gasteiger partial charge in [0.2, 0.25) is 5.91 Å². The summed E-state index contributed by atoms with van der Waals surface area (Å²) in [5.74, 6) is -3.09. The molecular formula is C23H29NO5S. The number of hydrogen-bond acceptors (Lipinski definition) is 5. The van der Waals surface area contributed by atoms with E-state index in [0.717, 1.165) is 55.4 Å². The molecule has 5 atom stereocenters. The Kier molecular flexibility index (Phi) is 6.00. The summed E-state index contributed by atoms with van der Waals surface area (Å²) < 4.78 is 5.60. The summed E-state index contributed by atoms with van der Waals surface area (Å²) in [6.45, 7) is 3.82. The van der Waals surface area contributed by atoms with E-state index in [1.807, 2.05) is 26.0 Å². The molecule has 4 aliphatic carbocycles. The molecule has 6 nitrogen and oxygen atoms in total. The number of fused-ring (bicyclic) bond motifs is 3. The molecule has 7 heteroatoms. The van der Waals surface area contributed by atoms with E-state index in [2.05, 4.69) is 5.32 Å². The van der Waals surface area contributed by atoms with Gasteiger partial charge in [0.25, 0.3) is 0 Å². The Morgan fingerprint density at radius 3 is 2.47 bits per heavy atom. The minimum absolute atomic E-state index is 0.0683. The van der Waals surface area contributed by atoms with Crippen LogP contribution in [0.3, 0.4) is 0 Å². The fraction of sp³-hybridized carbons (Fsp3) is 0.609. The predicted octanol–water partition coefficient (Wildman–Crippen LogP) is 4.43. The number of esters is 1. The molecule has 4 aliphatic rings. The number of carboxylic acid groups (broad SMARTS) is 1. The lowest BCUT2D eigenvalue weighted by Gasteiger charge is -2.41. The molecule has 1 aromatic rings. The van der Waals surface area contributed by atoms with Crippen LogP contribution >= 0.6 is 11.3 Å². The molecule has 162 valence electrons. The zero-order valence-electron chi connectivity index (χ0n) is 17.5. The van der Waals surface area contributed by atoms with Gasteiger partial charge in [0, 0.05) is 4.88 Å². The Morgan fingerprint density at radius 2 is 1.83 bits per heavy atom. The number of thiophene rings is 1. The first-order valence-corrected chi connectivity index (χ1v) is 11.8. The standard InChI is InChI=1S/C23H29NO5S/c1-3-12(2)29-23(28)19-15-6-4-5-7-16(15)30-21(19)24-20(25)17-13-8-10-14(11-9-13)18(17)22(26)27/h8,10,12-14,17-18H,3-7,9,11H2,1-2H3,(H,24,25)(H,26,27)/t12-,13-,14-,17-,18+/m0/s1. The summed E-state index contributed by atoms with van der Waals surface area (Å²) in [6.07, 6.45) is 9.89. The third-order valence-electron chi connectivity index (χ3n) is 6.83. The topological polar surface area (TPSA) is 92.7 Å². The summed E-state index contributed by atoms with van der Waals surface area (Å²) >= 11 is 1.45. The number of carbonyl (C=O) groups excluding carboxylic acids is 2. The highest BCUT2D eigenvalue weighted by atomic mass is 32.1. The van der Waals surface area contributed by atoms with Crippen molar-refractivity contribution >= 4 is 34.2 Å². The fourth-order valence-corrected chi connectivity index (χ4v) is 6.36. The number of anilines is 1. The van der Waals surface area contributed by atoms with Crippen molar-refractivity contribution < 1.29 is 24.2 Å². The van der Waals surface area contributed by atoms with Gasteiger partial charge < -0.3 is 15.2 Å². The van der Waals surface area contributed by atoms with Crippen LogP contribution in [0, 0.1) is 23.7 Å². The maximum absolute atomic E-state index is 13.3. The molecule has 5 rings (SSSR count). The van der Waals surface area contributed by atoms with Crippen LogP contribution in [0.25, 0.3) is 0 Å². The van der Waals surface area contributed by atoms with Crippen LogP contribution in [0.15, 0.2) is 12.2 Å². The van der Waals surface area contributed by atoms with Gasteiger partial charge in [-0.05, 0) is 69.3 Å². The van der Waals surface area contributed by atoms with Crippen molar-refractivity contribution in [2.24, 2.45) is 23.7 Å². The first-order chi connectivity index (χ1) is 14.4. The molecule has 2 N–H and O–H groups in total. The Hall–Kier alpha value is -2.15. The Bertz CT molecular complexity index is 888. The van der Waals surface area contributed by atoms with E-state index >= 15 is 0 Å². The smallest absolute Gasteiger partial charge is 0.341 e. The fourth-order valence-electron chi connectivity index (χ4n) is 5.08. The van der Waals surface area contributed by atoms with E-state index < -0.39 is 17.8 Å². The minimum atomic E-state index is -0.920. The number of allylic oxidation sites excluding steroid dienone is 2. The van der Waals surface area contributed by atoms with Crippen molar-refractivity contribution in [2.45, 2.75) is 64.9 Å². The number of rotatable bonds is 6. The molecule has 0 unspecified atom stereocenters. The second kappa shape index (κ2) is 8.53. The highest BCUT2D eigenvalue weighted by molar-refractivity contribution is 7.17. The van der Waals surface area contributed by atoms with Gasteiger partial charge in [0.15, 0.2) is 0 Å². The van der Waals surface area contributed by atoms with Crippen LogP contribution in [-0.2, 0) is 27.2 Å². The third-order valence-corrected chi connectivity index (χ3v) is 8.04. The lowest BCUT2D eigenvalue weighted by Crippen LogP contribution is -2.47. The molecule has 0 aliphatic heterocycles. The van der Waals surface area contributed by atoms with E-state index in [1.165, 1.54) is 11.3 Å². The Balaban J connectivity index is 1.63. The second-order valence-electron chi connectivity index (χ2n) is 8.71. The van der Waals surface area contributed by atoms with Crippen LogP contribution in [0.1, 0.15) is 66.8 Å². The zero-order chi connectivity index (χ0) is 21.4. The third kappa shape index (κ3) is 3.80. The molecule has 1 amide bonds.